The highest BCUT2D eigenvalue weighted by Crippen LogP contribution is 2.22. The van der Waals surface area contributed by atoms with E-state index in [2.05, 4.69) is 18.1 Å². The van der Waals surface area contributed by atoms with Crippen molar-refractivity contribution in [1.82, 2.24) is 9.78 Å². The van der Waals surface area contributed by atoms with Crippen molar-refractivity contribution in [1.29, 1.82) is 0 Å². The van der Waals surface area contributed by atoms with Crippen LogP contribution in [0.2, 0.25) is 0 Å². The van der Waals surface area contributed by atoms with Gasteiger partial charge in [-0.05, 0) is 30.2 Å². The minimum atomic E-state index is 0.606. The first-order chi connectivity index (χ1) is 8.70. The number of hydrogen-bond donors (Lipinski definition) is 1. The van der Waals surface area contributed by atoms with Gasteiger partial charge in [-0.1, -0.05) is 13.0 Å². The molecule has 1 heterocycles. The van der Waals surface area contributed by atoms with Gasteiger partial charge < -0.3 is 10.5 Å². The van der Waals surface area contributed by atoms with E-state index in [1.165, 1.54) is 5.56 Å². The number of rotatable bonds is 5. The van der Waals surface area contributed by atoms with Crippen molar-refractivity contribution in [3.63, 3.8) is 0 Å². The van der Waals surface area contributed by atoms with Gasteiger partial charge in [0.15, 0.2) is 0 Å². The Morgan fingerprint density at radius 3 is 2.78 bits per heavy atom. The van der Waals surface area contributed by atoms with E-state index in [0.29, 0.717) is 12.3 Å². The standard InChI is InChI=1S/C14H19N3O/c1-3-11-4-5-14(13(15)10-11)18-9-7-12-6-8-16-17(12)2/h4-6,8,10H,3,7,9,15H2,1-2H3. The molecule has 0 aliphatic heterocycles. The monoisotopic (exact) mass is 245 g/mol. The molecule has 18 heavy (non-hydrogen) atoms. The summed E-state index contributed by atoms with van der Waals surface area (Å²) < 4.78 is 7.55. The molecule has 0 saturated carbocycles. The van der Waals surface area contributed by atoms with Gasteiger partial charge in [0.25, 0.3) is 0 Å². The first-order valence-corrected chi connectivity index (χ1v) is 6.18. The summed E-state index contributed by atoms with van der Waals surface area (Å²) in [5.74, 6) is 0.759. The third kappa shape index (κ3) is 2.83. The zero-order valence-electron chi connectivity index (χ0n) is 10.9. The van der Waals surface area contributed by atoms with Gasteiger partial charge in [-0.2, -0.15) is 5.10 Å². The lowest BCUT2D eigenvalue weighted by Gasteiger charge is -2.10. The highest BCUT2D eigenvalue weighted by molar-refractivity contribution is 5.54. The summed E-state index contributed by atoms with van der Waals surface area (Å²) in [6.45, 7) is 2.72. The predicted octanol–water partition coefficient (Wildman–Crippen LogP) is 2.19. The van der Waals surface area contributed by atoms with Crippen molar-refractivity contribution >= 4 is 5.69 Å². The van der Waals surface area contributed by atoms with E-state index >= 15 is 0 Å². The zero-order valence-corrected chi connectivity index (χ0v) is 10.9. The third-order valence-electron chi connectivity index (χ3n) is 3.02. The van der Waals surface area contributed by atoms with Crippen LogP contribution < -0.4 is 10.5 Å². The van der Waals surface area contributed by atoms with Crippen molar-refractivity contribution < 1.29 is 4.74 Å². The number of ether oxygens (including phenoxy) is 1. The SMILES string of the molecule is CCc1ccc(OCCc2ccnn2C)c(N)c1. The second-order valence-corrected chi connectivity index (χ2v) is 4.27. The molecule has 2 N–H and O–H groups in total. The van der Waals surface area contributed by atoms with Crippen LogP contribution in [-0.2, 0) is 19.9 Å². The van der Waals surface area contributed by atoms with E-state index in [1.54, 1.807) is 6.20 Å². The number of aromatic nitrogens is 2. The lowest BCUT2D eigenvalue weighted by atomic mass is 10.1. The normalized spacial score (nSPS) is 10.6. The van der Waals surface area contributed by atoms with E-state index in [-0.39, 0.29) is 0 Å². The molecular formula is C14H19N3O. The molecule has 0 spiro atoms. The maximum absolute atomic E-state index is 5.94. The second-order valence-electron chi connectivity index (χ2n) is 4.27. The van der Waals surface area contributed by atoms with Gasteiger partial charge in [0.05, 0.1) is 12.3 Å². The van der Waals surface area contributed by atoms with Crippen LogP contribution >= 0.6 is 0 Å². The number of hydrogen-bond acceptors (Lipinski definition) is 3. The molecule has 4 heteroatoms. The van der Waals surface area contributed by atoms with Crippen molar-refractivity contribution in [2.45, 2.75) is 19.8 Å². The van der Waals surface area contributed by atoms with Crippen molar-refractivity contribution in [3.05, 3.63) is 41.7 Å². The van der Waals surface area contributed by atoms with Crippen LogP contribution in [0.3, 0.4) is 0 Å². The lowest BCUT2D eigenvalue weighted by molar-refractivity contribution is 0.320. The van der Waals surface area contributed by atoms with Crippen LogP contribution in [0, 0.1) is 0 Å². The van der Waals surface area contributed by atoms with Gasteiger partial charge in [-0.15, -0.1) is 0 Å². The highest BCUT2D eigenvalue weighted by Gasteiger charge is 2.03. The minimum Gasteiger partial charge on any atom is -0.491 e. The van der Waals surface area contributed by atoms with Crippen molar-refractivity contribution in [2.24, 2.45) is 7.05 Å². The Hall–Kier alpha value is -1.97. The molecule has 0 amide bonds. The predicted molar refractivity (Wildman–Crippen MR) is 72.6 cm³/mol. The number of benzene rings is 1. The number of nitrogen functional groups attached to an aromatic ring is 1. The number of aryl methyl sites for hydroxylation is 2. The average Bonchev–Trinajstić information content (AvgIpc) is 2.77. The molecule has 0 aliphatic carbocycles. The quantitative estimate of drug-likeness (QED) is 0.821. The van der Waals surface area contributed by atoms with Gasteiger partial charge in [-0.25, -0.2) is 0 Å². The summed E-state index contributed by atoms with van der Waals surface area (Å²) in [6.07, 6.45) is 3.60. The Labute approximate surface area is 107 Å². The van der Waals surface area contributed by atoms with Gasteiger partial charge >= 0.3 is 0 Å². The number of nitrogens with two attached hydrogens (primary N) is 1. The van der Waals surface area contributed by atoms with Gasteiger partial charge in [0.2, 0.25) is 0 Å². The fourth-order valence-corrected chi connectivity index (χ4v) is 1.86. The van der Waals surface area contributed by atoms with E-state index in [9.17, 15) is 0 Å². The number of anilines is 1. The van der Waals surface area contributed by atoms with Crippen LogP contribution in [0.5, 0.6) is 5.75 Å². The van der Waals surface area contributed by atoms with Crippen LogP contribution in [-0.4, -0.2) is 16.4 Å². The Morgan fingerprint density at radius 1 is 1.33 bits per heavy atom. The van der Waals surface area contributed by atoms with Gasteiger partial charge in [0, 0.05) is 25.4 Å². The molecule has 0 atom stereocenters. The van der Waals surface area contributed by atoms with Crippen LogP contribution in [0.15, 0.2) is 30.5 Å². The molecule has 2 rings (SSSR count). The van der Waals surface area contributed by atoms with Crippen LogP contribution in [0.25, 0.3) is 0 Å². The first kappa shape index (κ1) is 12.5. The Bertz CT molecular complexity index is 520. The molecular weight excluding hydrogens is 226 g/mol. The summed E-state index contributed by atoms with van der Waals surface area (Å²) in [7, 11) is 1.93. The molecule has 96 valence electrons. The van der Waals surface area contributed by atoms with Gasteiger partial charge in [0.1, 0.15) is 5.75 Å². The summed E-state index contributed by atoms with van der Waals surface area (Å²) in [5, 5.41) is 4.12. The van der Waals surface area contributed by atoms with Crippen molar-refractivity contribution in [2.75, 3.05) is 12.3 Å². The third-order valence-corrected chi connectivity index (χ3v) is 3.02. The Kier molecular flexibility index (Phi) is 3.87. The molecule has 4 nitrogen and oxygen atoms in total. The molecule has 1 aromatic carbocycles. The summed E-state index contributed by atoms with van der Waals surface area (Å²) >= 11 is 0. The lowest BCUT2D eigenvalue weighted by Crippen LogP contribution is -2.07. The molecule has 0 bridgehead atoms. The molecule has 0 saturated heterocycles. The average molecular weight is 245 g/mol. The van der Waals surface area contributed by atoms with Crippen LogP contribution in [0.4, 0.5) is 5.69 Å². The highest BCUT2D eigenvalue weighted by atomic mass is 16.5. The Balaban J connectivity index is 1.92. The molecule has 1 aromatic heterocycles. The molecule has 0 unspecified atom stereocenters. The van der Waals surface area contributed by atoms with E-state index in [4.69, 9.17) is 10.5 Å². The topological polar surface area (TPSA) is 53.1 Å². The smallest absolute Gasteiger partial charge is 0.142 e. The number of nitrogens with zero attached hydrogens (tertiary/aromatic N) is 2. The van der Waals surface area contributed by atoms with E-state index in [1.807, 2.05) is 29.9 Å². The van der Waals surface area contributed by atoms with Crippen LogP contribution in [0.1, 0.15) is 18.2 Å². The first-order valence-electron chi connectivity index (χ1n) is 6.18. The van der Waals surface area contributed by atoms with Crippen molar-refractivity contribution in [3.8, 4) is 5.75 Å². The minimum absolute atomic E-state index is 0.606. The fourth-order valence-electron chi connectivity index (χ4n) is 1.86. The molecule has 0 aliphatic rings. The fraction of sp³-hybridized carbons (Fsp3) is 0.357. The van der Waals surface area contributed by atoms with Gasteiger partial charge in [-0.3, -0.25) is 4.68 Å². The summed E-state index contributed by atoms with van der Waals surface area (Å²) in [5.41, 5.74) is 9.03. The van der Waals surface area contributed by atoms with E-state index < -0.39 is 0 Å². The summed E-state index contributed by atoms with van der Waals surface area (Å²) in [4.78, 5) is 0. The molecule has 0 fully saturated rings. The molecule has 2 aromatic rings. The molecule has 0 radical (unpaired) electrons. The zero-order chi connectivity index (χ0) is 13.0. The van der Waals surface area contributed by atoms with E-state index in [0.717, 1.165) is 24.3 Å². The Morgan fingerprint density at radius 2 is 2.17 bits per heavy atom. The largest absolute Gasteiger partial charge is 0.491 e. The maximum atomic E-state index is 5.94. The second kappa shape index (κ2) is 5.58. The summed E-state index contributed by atoms with van der Waals surface area (Å²) in [6, 6.07) is 7.96. The maximum Gasteiger partial charge on any atom is 0.142 e.